The van der Waals surface area contributed by atoms with Crippen molar-refractivity contribution in [3.8, 4) is 0 Å². The van der Waals surface area contributed by atoms with Crippen LogP contribution >= 0.6 is 0 Å². The first-order valence-electron chi connectivity index (χ1n) is 10.7. The summed E-state index contributed by atoms with van der Waals surface area (Å²) in [7, 11) is 0. The lowest BCUT2D eigenvalue weighted by molar-refractivity contribution is -0.137. The van der Waals surface area contributed by atoms with E-state index in [-0.39, 0.29) is 5.97 Å². The average Bonchev–Trinajstić information content (AvgIpc) is 3.21. The Morgan fingerprint density at radius 1 is 0.875 bits per heavy atom. The number of ether oxygens (including phenoxy) is 1. The Balaban J connectivity index is 2.06. The van der Waals surface area contributed by atoms with Crippen molar-refractivity contribution < 1.29 is 9.53 Å². The minimum Gasteiger partial charge on any atom is -0.463 e. The Hall–Kier alpha value is -3.92. The molecule has 0 saturated carbocycles. The summed E-state index contributed by atoms with van der Waals surface area (Å²) >= 11 is 0. The molecule has 0 aliphatic carbocycles. The topological polar surface area (TPSA) is 44.1 Å². The summed E-state index contributed by atoms with van der Waals surface area (Å²) in [5.41, 5.74) is 4.29. The van der Waals surface area contributed by atoms with Crippen molar-refractivity contribution in [1.29, 1.82) is 0 Å². The molecule has 0 aliphatic rings. The van der Waals surface area contributed by atoms with E-state index < -0.39 is 5.54 Å². The molecule has 0 saturated heterocycles. The fourth-order valence-electron chi connectivity index (χ4n) is 4.21. The molecular weight excluding hydrogens is 396 g/mol. The lowest BCUT2D eigenvalue weighted by Crippen LogP contribution is -2.38. The van der Waals surface area contributed by atoms with Crippen molar-refractivity contribution in [2.24, 2.45) is 0 Å². The Morgan fingerprint density at radius 3 is 1.78 bits per heavy atom. The van der Waals surface area contributed by atoms with E-state index in [0.717, 1.165) is 28.1 Å². The van der Waals surface area contributed by atoms with Crippen molar-refractivity contribution in [3.63, 3.8) is 0 Å². The predicted octanol–water partition coefficient (Wildman–Crippen LogP) is 5.61. The second kappa shape index (κ2) is 9.48. The van der Waals surface area contributed by atoms with Crippen molar-refractivity contribution in [2.75, 3.05) is 6.61 Å². The van der Waals surface area contributed by atoms with E-state index in [1.54, 1.807) is 13.0 Å². The molecule has 1 heterocycles. The molecule has 4 rings (SSSR count). The van der Waals surface area contributed by atoms with E-state index in [0.29, 0.717) is 6.61 Å². The summed E-state index contributed by atoms with van der Waals surface area (Å²) in [5, 5.41) is 0. The zero-order valence-corrected chi connectivity index (χ0v) is 18.3. The molecule has 0 N–H and O–H groups in total. The fourth-order valence-corrected chi connectivity index (χ4v) is 4.21. The molecule has 0 amide bonds. The number of carbonyl (C=O) groups is 1. The molecule has 32 heavy (non-hydrogen) atoms. The number of rotatable bonds is 7. The molecule has 0 fully saturated rings. The largest absolute Gasteiger partial charge is 0.463 e. The van der Waals surface area contributed by atoms with Crippen LogP contribution in [0.25, 0.3) is 6.08 Å². The van der Waals surface area contributed by atoms with Crippen LogP contribution in [0.2, 0.25) is 0 Å². The van der Waals surface area contributed by atoms with E-state index in [1.165, 1.54) is 6.08 Å². The number of benzene rings is 3. The highest BCUT2D eigenvalue weighted by Gasteiger charge is 2.39. The number of aryl methyl sites for hydroxylation is 1. The number of nitrogens with zero attached hydrogens (tertiary/aromatic N) is 2. The smallest absolute Gasteiger partial charge is 0.330 e. The maximum Gasteiger partial charge on any atom is 0.330 e. The molecule has 3 aromatic carbocycles. The third-order valence-corrected chi connectivity index (χ3v) is 5.60. The summed E-state index contributed by atoms with van der Waals surface area (Å²) < 4.78 is 7.25. The maximum atomic E-state index is 12.1. The molecule has 4 nitrogen and oxygen atoms in total. The highest BCUT2D eigenvalue weighted by molar-refractivity contribution is 5.87. The number of hydrogen-bond donors (Lipinski definition) is 0. The molecule has 160 valence electrons. The summed E-state index contributed by atoms with van der Waals surface area (Å²) in [5.74, 6) is -0.371. The third-order valence-electron chi connectivity index (χ3n) is 5.60. The molecule has 0 bridgehead atoms. The minimum absolute atomic E-state index is 0.337. The van der Waals surface area contributed by atoms with E-state index >= 15 is 0 Å². The second-order valence-corrected chi connectivity index (χ2v) is 7.48. The quantitative estimate of drug-likeness (QED) is 0.221. The summed E-state index contributed by atoms with van der Waals surface area (Å²) in [6.07, 6.45) is 5.12. The number of hydrogen-bond acceptors (Lipinski definition) is 3. The molecule has 4 heteroatoms. The van der Waals surface area contributed by atoms with E-state index in [9.17, 15) is 4.79 Å². The normalized spacial score (nSPS) is 11.6. The van der Waals surface area contributed by atoms with Crippen LogP contribution in [0.1, 0.15) is 35.0 Å². The lowest BCUT2D eigenvalue weighted by Gasteiger charge is -2.38. The van der Waals surface area contributed by atoms with Crippen LogP contribution in [0.5, 0.6) is 0 Å². The van der Waals surface area contributed by atoms with E-state index in [4.69, 9.17) is 4.74 Å². The molecule has 0 atom stereocenters. The van der Waals surface area contributed by atoms with Gasteiger partial charge in [0.2, 0.25) is 0 Å². The van der Waals surface area contributed by atoms with Crippen LogP contribution in [-0.2, 0) is 15.1 Å². The standard InChI is InChI=1S/C28H26N2O2/c1-3-32-27(31)20-19-26-22(2)29-21-30(26)28(23-13-7-4-8-14-23,24-15-9-5-10-16-24)25-17-11-6-12-18-25/h4-21H,3H2,1-2H3. The van der Waals surface area contributed by atoms with Gasteiger partial charge in [-0.3, -0.25) is 0 Å². The fraction of sp³-hybridized carbons (Fsp3) is 0.143. The first kappa shape index (κ1) is 21.3. The van der Waals surface area contributed by atoms with Crippen LogP contribution in [0.3, 0.4) is 0 Å². The monoisotopic (exact) mass is 422 g/mol. The van der Waals surface area contributed by atoms with Gasteiger partial charge in [0, 0.05) is 6.08 Å². The van der Waals surface area contributed by atoms with Gasteiger partial charge in [0.15, 0.2) is 0 Å². The van der Waals surface area contributed by atoms with Gasteiger partial charge in [-0.15, -0.1) is 0 Å². The van der Waals surface area contributed by atoms with Gasteiger partial charge >= 0.3 is 5.97 Å². The molecule has 1 aromatic heterocycles. The van der Waals surface area contributed by atoms with Crippen molar-refractivity contribution >= 4 is 12.0 Å². The van der Waals surface area contributed by atoms with Gasteiger partial charge in [-0.1, -0.05) is 91.0 Å². The zero-order valence-electron chi connectivity index (χ0n) is 18.3. The Bertz CT molecular complexity index is 1100. The van der Waals surface area contributed by atoms with Gasteiger partial charge in [-0.25, -0.2) is 9.78 Å². The van der Waals surface area contributed by atoms with Gasteiger partial charge in [0.25, 0.3) is 0 Å². The van der Waals surface area contributed by atoms with Crippen LogP contribution in [0.15, 0.2) is 103 Å². The SMILES string of the molecule is CCOC(=O)C=Cc1c(C)ncn1C(c1ccccc1)(c1ccccc1)c1ccccc1. The van der Waals surface area contributed by atoms with Gasteiger partial charge < -0.3 is 9.30 Å². The predicted molar refractivity (Wildman–Crippen MR) is 127 cm³/mol. The highest BCUT2D eigenvalue weighted by Crippen LogP contribution is 2.42. The average molecular weight is 423 g/mol. The first-order chi connectivity index (χ1) is 15.7. The molecule has 0 unspecified atom stereocenters. The van der Waals surface area contributed by atoms with Crippen LogP contribution < -0.4 is 0 Å². The highest BCUT2D eigenvalue weighted by atomic mass is 16.5. The van der Waals surface area contributed by atoms with Crippen molar-refractivity contribution in [1.82, 2.24) is 9.55 Å². The number of esters is 1. The Labute approximate surface area is 188 Å². The van der Waals surface area contributed by atoms with E-state index in [1.807, 2.05) is 67.8 Å². The first-order valence-corrected chi connectivity index (χ1v) is 10.7. The van der Waals surface area contributed by atoms with Crippen LogP contribution in [-0.4, -0.2) is 22.1 Å². The number of carbonyl (C=O) groups excluding carboxylic acids is 1. The maximum absolute atomic E-state index is 12.1. The molecule has 0 radical (unpaired) electrons. The Morgan fingerprint density at radius 2 is 1.34 bits per heavy atom. The zero-order chi connectivity index (χ0) is 22.4. The second-order valence-electron chi connectivity index (χ2n) is 7.48. The molecular formula is C28H26N2O2. The summed E-state index contributed by atoms with van der Waals surface area (Å²) in [4.78, 5) is 16.7. The summed E-state index contributed by atoms with van der Waals surface area (Å²) in [6, 6.07) is 31.2. The van der Waals surface area contributed by atoms with E-state index in [2.05, 4.69) is 45.9 Å². The number of imidazole rings is 1. The molecule has 4 aromatic rings. The van der Waals surface area contributed by atoms with Crippen molar-refractivity contribution in [2.45, 2.75) is 19.4 Å². The number of aromatic nitrogens is 2. The van der Waals surface area contributed by atoms with Crippen LogP contribution in [0, 0.1) is 6.92 Å². The summed E-state index contributed by atoms with van der Waals surface area (Å²) in [6.45, 7) is 4.09. The minimum atomic E-state index is -0.681. The van der Waals surface area contributed by atoms with Gasteiger partial charge in [-0.2, -0.15) is 0 Å². The van der Waals surface area contributed by atoms with Gasteiger partial charge in [-0.05, 0) is 36.6 Å². The molecule has 0 aliphatic heterocycles. The van der Waals surface area contributed by atoms with Gasteiger partial charge in [0.1, 0.15) is 5.54 Å². The molecule has 0 spiro atoms. The van der Waals surface area contributed by atoms with Gasteiger partial charge in [0.05, 0.1) is 24.3 Å². The van der Waals surface area contributed by atoms with Crippen molar-refractivity contribution in [3.05, 3.63) is 131 Å². The third kappa shape index (κ3) is 3.87. The Kier molecular flexibility index (Phi) is 6.31. The lowest BCUT2D eigenvalue weighted by atomic mass is 9.76. The van der Waals surface area contributed by atoms with Crippen LogP contribution in [0.4, 0.5) is 0 Å².